The van der Waals surface area contributed by atoms with Crippen molar-refractivity contribution in [2.75, 3.05) is 6.54 Å². The Morgan fingerprint density at radius 2 is 2.36 bits per heavy atom. The van der Waals surface area contributed by atoms with E-state index < -0.39 is 0 Å². The van der Waals surface area contributed by atoms with Gasteiger partial charge in [-0.25, -0.2) is 5.06 Å². The molecule has 2 heterocycles. The summed E-state index contributed by atoms with van der Waals surface area (Å²) in [6.07, 6.45) is 11.0. The van der Waals surface area contributed by atoms with E-state index in [1.54, 1.807) is 23.8 Å². The van der Waals surface area contributed by atoms with Crippen molar-refractivity contribution in [3.05, 3.63) is 36.6 Å². The molecule has 0 aromatic carbocycles. The summed E-state index contributed by atoms with van der Waals surface area (Å²) in [4.78, 5) is 5.61. The van der Waals surface area contributed by atoms with Crippen LogP contribution in [0.25, 0.3) is 0 Å². The summed E-state index contributed by atoms with van der Waals surface area (Å²) in [6.45, 7) is 0.706. The van der Waals surface area contributed by atoms with Gasteiger partial charge in [-0.2, -0.15) is 0 Å². The number of ether oxygens (including phenoxy) is 1. The Kier molecular flexibility index (Phi) is 2.86. The molecule has 0 spiro atoms. The molecular formula is C10H14N2O2. The van der Waals surface area contributed by atoms with E-state index >= 15 is 0 Å². The first kappa shape index (κ1) is 9.30. The second-order valence-electron chi connectivity index (χ2n) is 3.22. The largest absolute Gasteiger partial charge is 0.471 e. The van der Waals surface area contributed by atoms with Crippen molar-refractivity contribution < 1.29 is 9.57 Å². The Labute approximate surface area is 83.2 Å². The monoisotopic (exact) mass is 194 g/mol. The van der Waals surface area contributed by atoms with Crippen LogP contribution in [0.2, 0.25) is 0 Å². The highest BCUT2D eigenvalue weighted by atomic mass is 16.7. The van der Waals surface area contributed by atoms with E-state index in [0.29, 0.717) is 6.54 Å². The average Bonchev–Trinajstić information content (AvgIpc) is 2.46. The van der Waals surface area contributed by atoms with E-state index in [2.05, 4.69) is 6.08 Å². The summed E-state index contributed by atoms with van der Waals surface area (Å²) in [5.41, 5.74) is 6.46. The predicted octanol–water partition coefficient (Wildman–Crippen LogP) is 1.24. The third-order valence-electron chi connectivity index (χ3n) is 2.15. The van der Waals surface area contributed by atoms with Crippen LogP contribution >= 0.6 is 0 Å². The first-order chi connectivity index (χ1) is 6.90. The van der Waals surface area contributed by atoms with Crippen molar-refractivity contribution >= 4 is 0 Å². The average molecular weight is 194 g/mol. The van der Waals surface area contributed by atoms with Crippen LogP contribution < -0.4 is 5.73 Å². The molecule has 1 unspecified atom stereocenters. The molecule has 0 radical (unpaired) electrons. The predicted molar refractivity (Wildman–Crippen MR) is 52.4 cm³/mol. The van der Waals surface area contributed by atoms with Crippen LogP contribution in [0, 0.1) is 0 Å². The number of fused-ring (bicyclic) bond motifs is 1. The van der Waals surface area contributed by atoms with Gasteiger partial charge in [-0.15, -0.1) is 0 Å². The lowest BCUT2D eigenvalue weighted by Gasteiger charge is -2.14. The summed E-state index contributed by atoms with van der Waals surface area (Å²) >= 11 is 0. The third kappa shape index (κ3) is 1.97. The normalized spacial score (nSPS) is 24.2. The minimum absolute atomic E-state index is 0.140. The van der Waals surface area contributed by atoms with E-state index in [9.17, 15) is 0 Å². The number of hydroxylamine groups is 2. The van der Waals surface area contributed by atoms with Crippen LogP contribution in [0.4, 0.5) is 0 Å². The molecular weight excluding hydrogens is 180 g/mol. The fourth-order valence-electron chi connectivity index (χ4n) is 1.45. The Balaban J connectivity index is 1.99. The molecule has 0 aliphatic carbocycles. The van der Waals surface area contributed by atoms with Crippen LogP contribution in [0.1, 0.15) is 12.8 Å². The van der Waals surface area contributed by atoms with E-state index in [-0.39, 0.29) is 6.10 Å². The minimum atomic E-state index is 0.140. The van der Waals surface area contributed by atoms with Gasteiger partial charge in [-0.1, -0.05) is 0 Å². The highest BCUT2D eigenvalue weighted by Gasteiger charge is 2.21. The summed E-state index contributed by atoms with van der Waals surface area (Å²) in [5.74, 6) is 0. The minimum Gasteiger partial charge on any atom is -0.471 e. The first-order valence-electron chi connectivity index (χ1n) is 4.77. The number of nitrogens with zero attached hydrogens (tertiary/aromatic N) is 1. The number of nitrogens with two attached hydrogens (primary N) is 1. The standard InChI is InChI=1S/C10H14N2O2/c11-4-1-2-10-8-9-3-6-13-7-5-12(9)14-10/h3,5-8,10H,1-2,4,11H2. The van der Waals surface area contributed by atoms with E-state index in [1.807, 2.05) is 6.08 Å². The number of allylic oxidation sites excluding steroid dienone is 1. The number of rotatable bonds is 3. The quantitative estimate of drug-likeness (QED) is 0.734. The zero-order valence-electron chi connectivity index (χ0n) is 7.93. The molecule has 0 saturated heterocycles. The number of hydrogen-bond acceptors (Lipinski definition) is 4. The Morgan fingerprint density at radius 3 is 3.21 bits per heavy atom. The van der Waals surface area contributed by atoms with E-state index in [4.69, 9.17) is 15.3 Å². The van der Waals surface area contributed by atoms with Gasteiger partial charge in [0.15, 0.2) is 0 Å². The molecule has 0 aromatic rings. The molecule has 4 nitrogen and oxygen atoms in total. The van der Waals surface area contributed by atoms with Crippen LogP contribution in [0.15, 0.2) is 36.6 Å². The maximum absolute atomic E-state index is 5.61. The van der Waals surface area contributed by atoms with E-state index in [0.717, 1.165) is 18.5 Å². The molecule has 14 heavy (non-hydrogen) atoms. The molecule has 76 valence electrons. The van der Waals surface area contributed by atoms with Gasteiger partial charge < -0.3 is 10.5 Å². The van der Waals surface area contributed by atoms with Crippen molar-refractivity contribution in [1.82, 2.24) is 5.06 Å². The van der Waals surface area contributed by atoms with Crippen LogP contribution in [-0.2, 0) is 9.57 Å². The van der Waals surface area contributed by atoms with Gasteiger partial charge in [0.05, 0.1) is 18.2 Å². The van der Waals surface area contributed by atoms with Crippen molar-refractivity contribution in [2.24, 2.45) is 5.73 Å². The lowest BCUT2D eigenvalue weighted by molar-refractivity contribution is -0.101. The second-order valence-corrected chi connectivity index (χ2v) is 3.22. The lowest BCUT2D eigenvalue weighted by atomic mass is 10.2. The van der Waals surface area contributed by atoms with Crippen molar-refractivity contribution in [3.8, 4) is 0 Å². The van der Waals surface area contributed by atoms with Crippen LogP contribution in [-0.4, -0.2) is 17.7 Å². The van der Waals surface area contributed by atoms with Gasteiger partial charge in [-0.3, -0.25) is 4.84 Å². The van der Waals surface area contributed by atoms with Gasteiger partial charge in [0.1, 0.15) is 12.4 Å². The summed E-state index contributed by atoms with van der Waals surface area (Å²) in [6, 6.07) is 0. The Hall–Kier alpha value is -1.26. The van der Waals surface area contributed by atoms with Crippen LogP contribution in [0.3, 0.4) is 0 Å². The fourth-order valence-corrected chi connectivity index (χ4v) is 1.45. The highest BCUT2D eigenvalue weighted by Crippen LogP contribution is 2.24. The van der Waals surface area contributed by atoms with Gasteiger partial charge in [0.25, 0.3) is 0 Å². The van der Waals surface area contributed by atoms with Gasteiger partial charge in [-0.05, 0) is 31.5 Å². The summed E-state index contributed by atoms with van der Waals surface area (Å²) in [7, 11) is 0. The molecule has 2 rings (SSSR count). The zero-order valence-corrected chi connectivity index (χ0v) is 7.93. The molecule has 0 bridgehead atoms. The molecule has 4 heteroatoms. The SMILES string of the molecule is NCCCC1C=C2C=COC=CN2O1. The van der Waals surface area contributed by atoms with Crippen molar-refractivity contribution in [2.45, 2.75) is 18.9 Å². The lowest BCUT2D eigenvalue weighted by Crippen LogP contribution is -2.15. The first-order valence-corrected chi connectivity index (χ1v) is 4.77. The summed E-state index contributed by atoms with van der Waals surface area (Å²) in [5, 5.41) is 1.71. The molecule has 2 aliphatic rings. The topological polar surface area (TPSA) is 47.7 Å². The smallest absolute Gasteiger partial charge is 0.109 e. The molecule has 2 aliphatic heterocycles. The van der Waals surface area contributed by atoms with Crippen molar-refractivity contribution in [3.63, 3.8) is 0 Å². The maximum Gasteiger partial charge on any atom is 0.109 e. The van der Waals surface area contributed by atoms with Gasteiger partial charge in [0.2, 0.25) is 0 Å². The van der Waals surface area contributed by atoms with E-state index in [1.165, 1.54) is 0 Å². The molecule has 0 amide bonds. The Morgan fingerprint density at radius 1 is 1.43 bits per heavy atom. The highest BCUT2D eigenvalue weighted by molar-refractivity contribution is 5.22. The van der Waals surface area contributed by atoms with Crippen molar-refractivity contribution in [1.29, 1.82) is 0 Å². The van der Waals surface area contributed by atoms with Gasteiger partial charge in [0, 0.05) is 0 Å². The maximum atomic E-state index is 5.61. The number of hydrogen-bond donors (Lipinski definition) is 1. The summed E-state index contributed by atoms with van der Waals surface area (Å²) < 4.78 is 5.00. The van der Waals surface area contributed by atoms with Gasteiger partial charge >= 0.3 is 0 Å². The molecule has 2 N–H and O–H groups in total. The third-order valence-corrected chi connectivity index (χ3v) is 2.15. The Bertz CT molecular complexity index is 284. The fraction of sp³-hybridized carbons (Fsp3) is 0.400. The van der Waals surface area contributed by atoms with Crippen LogP contribution in [0.5, 0.6) is 0 Å². The molecule has 0 aromatic heterocycles. The molecule has 0 fully saturated rings. The zero-order chi connectivity index (χ0) is 9.80. The molecule has 1 atom stereocenters. The second kappa shape index (κ2) is 4.30. The molecule has 0 saturated carbocycles.